The van der Waals surface area contributed by atoms with Crippen LogP contribution in [0.3, 0.4) is 0 Å². The number of hydrogen-bond acceptors (Lipinski definition) is 2. The molecule has 0 amide bonds. The first kappa shape index (κ1) is 13.7. The molecule has 0 saturated carbocycles. The van der Waals surface area contributed by atoms with Crippen molar-refractivity contribution in [3.8, 4) is 16.9 Å². The first-order valence-corrected chi connectivity index (χ1v) is 7.71. The molecule has 2 nitrogen and oxygen atoms in total. The normalized spacial score (nSPS) is 13.7. The summed E-state index contributed by atoms with van der Waals surface area (Å²) in [4.78, 5) is 0. The molecule has 0 saturated heterocycles. The highest BCUT2D eigenvalue weighted by Crippen LogP contribution is 2.33. The number of fused-ring (bicyclic) bond motifs is 2. The van der Waals surface area contributed by atoms with Crippen molar-refractivity contribution in [2.75, 3.05) is 0 Å². The topological polar surface area (TPSA) is 35.2 Å². The number of rotatable bonds is 2. The summed E-state index contributed by atoms with van der Waals surface area (Å²) in [6.45, 7) is 0. The molecule has 3 aromatic carbocycles. The Morgan fingerprint density at radius 3 is 2.70 bits per heavy atom. The van der Waals surface area contributed by atoms with Crippen LogP contribution in [0, 0.1) is 0 Å². The second-order valence-corrected chi connectivity index (χ2v) is 5.54. The van der Waals surface area contributed by atoms with E-state index in [1.54, 1.807) is 6.20 Å². The third-order valence-corrected chi connectivity index (χ3v) is 4.21. The zero-order chi connectivity index (χ0) is 15.6. The van der Waals surface area contributed by atoms with E-state index in [2.05, 4.69) is 60.6 Å². The maximum Gasteiger partial charge on any atom is 0.367 e. The molecule has 1 aliphatic rings. The third kappa shape index (κ3) is 2.31. The van der Waals surface area contributed by atoms with Crippen molar-refractivity contribution in [1.82, 2.24) is 0 Å². The lowest BCUT2D eigenvalue weighted by Gasteiger charge is -2.11. The summed E-state index contributed by atoms with van der Waals surface area (Å²) in [5.74, 6) is 3.08. The molecule has 0 fully saturated rings. The smallest absolute Gasteiger partial charge is 0.367 e. The van der Waals surface area contributed by atoms with Gasteiger partial charge in [-0.15, -0.1) is 0 Å². The molecule has 0 unspecified atom stereocenters. The number of benzene rings is 3. The van der Waals surface area contributed by atoms with Crippen molar-refractivity contribution >= 4 is 30.3 Å². The fraction of sp³-hybridized carbons (Fsp3) is 0. The highest BCUT2D eigenvalue weighted by atomic mass is 16.4. The van der Waals surface area contributed by atoms with Gasteiger partial charge >= 0.3 is 7.48 Å². The van der Waals surface area contributed by atoms with E-state index in [4.69, 9.17) is 10.4 Å². The van der Waals surface area contributed by atoms with Crippen molar-refractivity contribution in [3.05, 3.63) is 77.3 Å². The quantitative estimate of drug-likeness (QED) is 0.736. The predicted molar refractivity (Wildman–Crippen MR) is 98.7 cm³/mol. The van der Waals surface area contributed by atoms with Crippen LogP contribution in [0.25, 0.3) is 34.0 Å². The van der Waals surface area contributed by atoms with Crippen molar-refractivity contribution in [2.24, 2.45) is 5.73 Å². The molecule has 0 aromatic heterocycles. The first-order valence-electron chi connectivity index (χ1n) is 7.71. The second kappa shape index (κ2) is 5.69. The van der Waals surface area contributed by atoms with E-state index >= 15 is 0 Å². The summed E-state index contributed by atoms with van der Waals surface area (Å²) < 4.78 is 5.92. The first-order chi connectivity index (χ1) is 11.4. The van der Waals surface area contributed by atoms with Gasteiger partial charge in [-0.1, -0.05) is 66.6 Å². The fourth-order valence-corrected chi connectivity index (χ4v) is 3.17. The van der Waals surface area contributed by atoms with Crippen LogP contribution in [0.4, 0.5) is 0 Å². The van der Waals surface area contributed by atoms with Crippen LogP contribution in [-0.4, -0.2) is 7.48 Å². The van der Waals surface area contributed by atoms with Gasteiger partial charge in [-0.2, -0.15) is 0 Å². The lowest BCUT2D eigenvalue weighted by atomic mass is 9.96. The third-order valence-electron chi connectivity index (χ3n) is 4.21. The van der Waals surface area contributed by atoms with E-state index in [-0.39, 0.29) is 0 Å². The maximum atomic E-state index is 5.92. The minimum atomic E-state index is 0.615. The van der Waals surface area contributed by atoms with E-state index < -0.39 is 0 Å². The number of nitrogens with two attached hydrogens (primary N) is 1. The van der Waals surface area contributed by atoms with Crippen LogP contribution in [0.2, 0.25) is 0 Å². The zero-order valence-corrected chi connectivity index (χ0v) is 12.7. The number of hydrogen-bond donors (Lipinski definition) is 1. The summed E-state index contributed by atoms with van der Waals surface area (Å²) in [7, 11) is 0.615. The summed E-state index contributed by atoms with van der Waals surface area (Å²) in [6.07, 6.45) is 5.40. The monoisotopic (exact) mass is 297 g/mol. The Hall–Kier alpha value is -2.94. The Kier molecular flexibility index (Phi) is 3.39. The van der Waals surface area contributed by atoms with Crippen molar-refractivity contribution < 1.29 is 4.65 Å². The molecule has 0 bridgehead atoms. The Morgan fingerprint density at radius 2 is 1.78 bits per heavy atom. The molecule has 3 aromatic rings. The van der Waals surface area contributed by atoms with Gasteiger partial charge in [0.05, 0.1) is 0 Å². The fourth-order valence-electron chi connectivity index (χ4n) is 3.17. The van der Waals surface area contributed by atoms with Crippen molar-refractivity contribution in [3.63, 3.8) is 0 Å². The molecule has 3 heteroatoms. The molecule has 0 radical (unpaired) electrons. The van der Waals surface area contributed by atoms with Crippen molar-refractivity contribution in [2.45, 2.75) is 0 Å². The molecule has 0 atom stereocenters. The summed E-state index contributed by atoms with van der Waals surface area (Å²) in [6, 6.07) is 19.1. The largest absolute Gasteiger partial charge is 0.559 e. The second-order valence-electron chi connectivity index (χ2n) is 5.54. The molecule has 110 valence electrons. The van der Waals surface area contributed by atoms with Gasteiger partial charge in [-0.05, 0) is 33.8 Å². The van der Waals surface area contributed by atoms with Gasteiger partial charge in [0.15, 0.2) is 0 Å². The highest BCUT2D eigenvalue weighted by Gasteiger charge is 2.14. The highest BCUT2D eigenvalue weighted by molar-refractivity contribution is 6.48. The van der Waals surface area contributed by atoms with Gasteiger partial charge in [-0.25, -0.2) is 0 Å². The van der Waals surface area contributed by atoms with E-state index in [0.29, 0.717) is 7.48 Å². The van der Waals surface area contributed by atoms with E-state index in [1.165, 1.54) is 16.3 Å². The lowest BCUT2D eigenvalue weighted by Crippen LogP contribution is -2.23. The van der Waals surface area contributed by atoms with Gasteiger partial charge < -0.3 is 10.4 Å². The minimum absolute atomic E-state index is 0.615. The van der Waals surface area contributed by atoms with Gasteiger partial charge in [0.1, 0.15) is 5.75 Å². The zero-order valence-electron chi connectivity index (χ0n) is 12.7. The Balaban J connectivity index is 2.01. The summed E-state index contributed by atoms with van der Waals surface area (Å²) in [5, 5.41) is 4.76. The molecule has 0 aliphatic carbocycles. The molecule has 2 N–H and O–H groups in total. The number of allylic oxidation sites excluding steroid dienone is 1. The van der Waals surface area contributed by atoms with Gasteiger partial charge in [-0.3, -0.25) is 0 Å². The molecule has 23 heavy (non-hydrogen) atoms. The molecular formula is C20H16BNO. The van der Waals surface area contributed by atoms with Crippen LogP contribution >= 0.6 is 0 Å². The Morgan fingerprint density at radius 1 is 0.913 bits per heavy atom. The van der Waals surface area contributed by atoms with Crippen molar-refractivity contribution in [1.29, 1.82) is 0 Å². The summed E-state index contributed by atoms with van der Waals surface area (Å²) >= 11 is 0. The molecule has 4 rings (SSSR count). The van der Waals surface area contributed by atoms with E-state index in [1.807, 2.05) is 12.2 Å². The molecule has 1 heterocycles. The SMILES string of the molecule is N/C=C\C=c1\ccc(-c2cccc3ccccc23)c2c1=CBO2. The van der Waals surface area contributed by atoms with Gasteiger partial charge in [0.2, 0.25) is 0 Å². The van der Waals surface area contributed by atoms with Crippen LogP contribution in [0.1, 0.15) is 0 Å². The van der Waals surface area contributed by atoms with Crippen LogP contribution in [0.15, 0.2) is 66.9 Å². The molecule has 0 spiro atoms. The van der Waals surface area contributed by atoms with Gasteiger partial charge in [0.25, 0.3) is 0 Å². The Bertz CT molecular complexity index is 1030. The van der Waals surface area contributed by atoms with Crippen LogP contribution in [-0.2, 0) is 0 Å². The van der Waals surface area contributed by atoms with E-state index in [9.17, 15) is 0 Å². The van der Waals surface area contributed by atoms with Gasteiger partial charge in [0, 0.05) is 10.8 Å². The van der Waals surface area contributed by atoms with Crippen LogP contribution < -0.4 is 20.8 Å². The standard InChI is InChI=1S/C20H16BNO/c22-12-4-7-15-10-11-18(20-19(15)13-21-23-20)17-9-3-6-14-5-1-2-8-16(14)17/h1-13,21H,22H2/b12-4-,15-7-. The lowest BCUT2D eigenvalue weighted by molar-refractivity contribution is 0.612. The molecule has 1 aliphatic heterocycles. The Labute approximate surface area is 135 Å². The summed E-state index contributed by atoms with van der Waals surface area (Å²) in [5.41, 5.74) is 7.79. The maximum absolute atomic E-state index is 5.92. The average molecular weight is 297 g/mol. The molecular weight excluding hydrogens is 281 g/mol. The predicted octanol–water partition coefficient (Wildman–Crippen LogP) is 2.24. The minimum Gasteiger partial charge on any atom is -0.559 e. The average Bonchev–Trinajstić information content (AvgIpc) is 3.09. The van der Waals surface area contributed by atoms with Crippen LogP contribution in [0.5, 0.6) is 5.75 Å². The van der Waals surface area contributed by atoms with E-state index in [0.717, 1.165) is 21.8 Å².